The van der Waals surface area contributed by atoms with E-state index < -0.39 is 26.2 Å². The van der Waals surface area contributed by atoms with Crippen LogP contribution in [0.5, 0.6) is 0 Å². The van der Waals surface area contributed by atoms with Crippen LogP contribution in [-0.2, 0) is 9.36 Å². The maximum Gasteiger partial charge on any atom is 0.451 e. The maximum absolute atomic E-state index is 10.3. The smallest absolute Gasteiger partial charge is 0.451 e. The average Bonchev–Trinajstić information content (AvgIpc) is 1.81. The number of carbonyl (C=O) groups is 1. The molecular formula is C4H18N3Na2O9P. The number of likely N-dealkylation sites (N-methyl/N-ethyl adjacent to an activating group) is 1. The topological polar surface area (TPSA) is 262 Å². The summed E-state index contributed by atoms with van der Waals surface area (Å²) in [5.41, 5.74) is 5.07. The fourth-order valence-corrected chi connectivity index (χ4v) is 0.913. The molecule has 0 atom stereocenters. The van der Waals surface area contributed by atoms with Gasteiger partial charge in [-0.2, -0.15) is 0 Å². The molecule has 0 aliphatic rings. The van der Waals surface area contributed by atoms with Gasteiger partial charge in [-0.3, -0.25) is 4.79 Å². The summed E-state index contributed by atoms with van der Waals surface area (Å²) in [5.74, 6) is -1.69. The van der Waals surface area contributed by atoms with E-state index >= 15 is 0 Å². The van der Waals surface area contributed by atoms with Gasteiger partial charge < -0.3 is 47.4 Å². The van der Waals surface area contributed by atoms with Crippen molar-refractivity contribution in [2.45, 2.75) is 0 Å². The molecule has 0 rings (SSSR count). The molecule has 0 aromatic heterocycles. The van der Waals surface area contributed by atoms with E-state index in [4.69, 9.17) is 20.6 Å². The molecule has 19 heavy (non-hydrogen) atoms. The predicted molar refractivity (Wildman–Crippen MR) is 69.9 cm³/mol. The number of carboxylic acid groups (broad SMARTS) is 1. The molecule has 0 fully saturated rings. The third-order valence-corrected chi connectivity index (χ3v) is 1.46. The third kappa shape index (κ3) is 27.8. The van der Waals surface area contributed by atoms with Crippen LogP contribution in [0, 0.1) is 0 Å². The second-order valence-corrected chi connectivity index (χ2v) is 3.45. The number of guanidine groups is 1. The molecule has 0 spiro atoms. The Labute approximate surface area is 153 Å². The number of nitrogens with zero attached hydrogens (tertiary/aromatic N) is 2. The van der Waals surface area contributed by atoms with Crippen LogP contribution in [0.3, 0.4) is 0 Å². The molecule has 0 saturated carbocycles. The van der Waals surface area contributed by atoms with E-state index in [0.29, 0.717) is 0 Å². The van der Waals surface area contributed by atoms with Gasteiger partial charge in [-0.1, -0.05) is 0 Å². The Morgan fingerprint density at radius 2 is 1.53 bits per heavy atom. The molecule has 0 heterocycles. The van der Waals surface area contributed by atoms with Gasteiger partial charge in [0.1, 0.15) is 6.54 Å². The first-order valence-electron chi connectivity index (χ1n) is 3.06. The first kappa shape index (κ1) is 42.7. The molecule has 0 unspecified atom stereocenters. The molecular weight excluding hydrogens is 311 g/mol. The summed E-state index contributed by atoms with van der Waals surface area (Å²) >= 11 is 0. The Morgan fingerprint density at radius 1 is 1.21 bits per heavy atom. The molecule has 0 bridgehead atoms. The van der Waals surface area contributed by atoms with Gasteiger partial charge >= 0.3 is 13.7 Å². The summed E-state index contributed by atoms with van der Waals surface area (Å²) in [6.45, 7) is -0.477. The quantitative estimate of drug-likeness (QED) is 0.168. The van der Waals surface area contributed by atoms with Crippen molar-refractivity contribution in [2.24, 2.45) is 10.5 Å². The summed E-state index contributed by atoms with van der Waals surface area (Å²) in [5, 5.41) is 8.28. The molecule has 15 heteroatoms. The second kappa shape index (κ2) is 18.7. The van der Waals surface area contributed by atoms with Crippen molar-refractivity contribution in [3.05, 3.63) is 0 Å². The van der Waals surface area contributed by atoms with Gasteiger partial charge in [-0.15, -0.1) is 4.76 Å². The molecule has 0 aromatic carbocycles. The van der Waals surface area contributed by atoms with Gasteiger partial charge in [0, 0.05) is 66.2 Å². The standard InChI is InChI=1S/C4H10N3O5P.2Na.4H2O/c1-7(2-3(8)9)4(5)6-13(10,11)12;;;;;;/h2H2,1H3,(H,8,9)(H4,5,6,10,11,12);;;4*1H2. The van der Waals surface area contributed by atoms with E-state index in [2.05, 4.69) is 4.76 Å². The van der Waals surface area contributed by atoms with Crippen molar-refractivity contribution in [3.8, 4) is 0 Å². The van der Waals surface area contributed by atoms with E-state index in [1.807, 2.05) is 0 Å². The first-order chi connectivity index (χ1) is 5.72. The number of nitrogens with two attached hydrogens (primary N) is 1. The Bertz CT molecular complexity index is 285. The Balaban J connectivity index is -0.0000000480. The molecule has 110 valence electrons. The van der Waals surface area contributed by atoms with Gasteiger partial charge in [-0.25, -0.2) is 4.57 Å². The van der Waals surface area contributed by atoms with Crippen LogP contribution in [0.4, 0.5) is 0 Å². The SMILES string of the molecule is CN(CC(=O)O)/C(N)=N/P(=O)(O)O.O.O.O.O.[Na].[Na]. The van der Waals surface area contributed by atoms with E-state index in [-0.39, 0.29) is 81.0 Å². The summed E-state index contributed by atoms with van der Waals surface area (Å²) in [4.78, 5) is 27.7. The number of carboxylic acids is 1. The van der Waals surface area contributed by atoms with Crippen molar-refractivity contribution in [2.75, 3.05) is 13.6 Å². The van der Waals surface area contributed by atoms with Crippen LogP contribution < -0.4 is 5.73 Å². The summed E-state index contributed by atoms with van der Waals surface area (Å²) in [7, 11) is -3.34. The van der Waals surface area contributed by atoms with Crippen LogP contribution >= 0.6 is 7.75 Å². The minimum Gasteiger partial charge on any atom is -0.480 e. The Morgan fingerprint density at radius 3 is 1.74 bits per heavy atom. The predicted octanol–water partition coefficient (Wildman–Crippen LogP) is -5.65. The number of hydrogen-bond donors (Lipinski definition) is 4. The fourth-order valence-electron chi connectivity index (χ4n) is 0.494. The molecule has 2 radical (unpaired) electrons. The zero-order chi connectivity index (χ0) is 10.6. The Kier molecular flexibility index (Phi) is 42.1. The first-order valence-corrected chi connectivity index (χ1v) is 4.63. The summed E-state index contributed by atoms with van der Waals surface area (Å²) in [6, 6.07) is 0. The number of aliphatic carboxylic acids is 1. The van der Waals surface area contributed by atoms with Crippen molar-refractivity contribution in [1.82, 2.24) is 4.90 Å². The van der Waals surface area contributed by atoms with Crippen molar-refractivity contribution < 1.29 is 46.2 Å². The summed E-state index contributed by atoms with van der Waals surface area (Å²) in [6.07, 6.45) is 0. The van der Waals surface area contributed by atoms with Crippen LogP contribution in [0.15, 0.2) is 4.76 Å². The van der Waals surface area contributed by atoms with E-state index in [1.165, 1.54) is 7.05 Å². The van der Waals surface area contributed by atoms with E-state index in [0.717, 1.165) is 4.90 Å². The Hall–Kier alpha value is 0.730. The van der Waals surface area contributed by atoms with Crippen LogP contribution in [-0.4, -0.2) is 126 Å². The second-order valence-electron chi connectivity index (χ2n) is 2.22. The normalized spacial score (nSPS) is 8.68. The van der Waals surface area contributed by atoms with Gasteiger partial charge in [-0.05, 0) is 0 Å². The van der Waals surface area contributed by atoms with Gasteiger partial charge in [0.15, 0.2) is 0 Å². The largest absolute Gasteiger partial charge is 0.480 e. The van der Waals surface area contributed by atoms with E-state index in [9.17, 15) is 9.36 Å². The van der Waals surface area contributed by atoms with Gasteiger partial charge in [0.25, 0.3) is 0 Å². The number of rotatable bonds is 3. The average molecular weight is 329 g/mol. The van der Waals surface area contributed by atoms with Crippen LogP contribution in [0.2, 0.25) is 0 Å². The fraction of sp³-hybridized carbons (Fsp3) is 0.500. The summed E-state index contributed by atoms with van der Waals surface area (Å²) < 4.78 is 13.1. The number of hydrogen-bond acceptors (Lipinski definition) is 2. The van der Waals surface area contributed by atoms with Crippen molar-refractivity contribution in [3.63, 3.8) is 0 Å². The zero-order valence-electron chi connectivity index (χ0n) is 10.8. The minimum atomic E-state index is -4.59. The molecule has 13 N–H and O–H groups in total. The molecule has 0 aromatic rings. The molecule has 0 saturated heterocycles. The van der Waals surface area contributed by atoms with Crippen LogP contribution in [0.25, 0.3) is 0 Å². The monoisotopic (exact) mass is 329 g/mol. The molecule has 12 nitrogen and oxygen atoms in total. The maximum atomic E-state index is 10.3. The zero-order valence-corrected chi connectivity index (χ0v) is 15.7. The van der Waals surface area contributed by atoms with Crippen molar-refractivity contribution >= 4 is 78.8 Å². The molecule has 0 amide bonds. The third-order valence-electron chi connectivity index (χ3n) is 0.996. The van der Waals surface area contributed by atoms with Gasteiger partial charge in [0.05, 0.1) is 0 Å². The minimum absolute atomic E-state index is 0. The van der Waals surface area contributed by atoms with E-state index in [1.54, 1.807) is 0 Å². The molecule has 0 aliphatic heterocycles. The van der Waals surface area contributed by atoms with Crippen molar-refractivity contribution in [1.29, 1.82) is 0 Å². The van der Waals surface area contributed by atoms with Gasteiger partial charge in [0.2, 0.25) is 5.96 Å². The molecule has 0 aliphatic carbocycles. The van der Waals surface area contributed by atoms with Crippen LogP contribution in [0.1, 0.15) is 0 Å².